The van der Waals surface area contributed by atoms with Gasteiger partial charge in [0.1, 0.15) is 21.0 Å². The molecule has 0 aliphatic carbocycles. The molecule has 0 aliphatic heterocycles. The maximum atomic E-state index is 12.1. The Morgan fingerprint density at radius 3 is 1.13 bits per heavy atom. The molecule has 0 unspecified atom stereocenters. The number of rotatable bonds is 4. The Morgan fingerprint density at radius 1 is 0.500 bits per heavy atom. The molecule has 0 bridgehead atoms. The Kier molecular flexibility index (Phi) is 7.18. The number of fused-ring (bicyclic) bond motifs is 7. The minimum absolute atomic E-state index is 0. The predicted molar refractivity (Wildman–Crippen MR) is 129 cm³/mol. The van der Waals surface area contributed by atoms with Crippen LogP contribution >= 0.6 is 0 Å². The zero-order valence-corrected chi connectivity index (χ0v) is 25.1. The fourth-order valence-electron chi connectivity index (χ4n) is 4.24. The summed E-state index contributed by atoms with van der Waals surface area (Å²) in [5.41, 5.74) is -0.412. The van der Waals surface area contributed by atoms with Crippen molar-refractivity contribution in [2.75, 3.05) is 0 Å². The number of hydrogen-bond donors (Lipinski definition) is 4. The Balaban J connectivity index is 0.00000210. The fraction of sp³-hybridized carbons (Fsp3) is 0. The topological polar surface area (TPSA) is 231 Å². The quantitative estimate of drug-likeness (QED) is 0.152. The molecule has 5 aromatic rings. The van der Waals surface area contributed by atoms with Gasteiger partial charge >= 0.3 is 51.4 Å². The van der Waals surface area contributed by atoms with Crippen LogP contribution < -0.4 is 51.4 Å². The van der Waals surface area contributed by atoms with Crippen LogP contribution in [0.2, 0.25) is 0 Å². The molecule has 0 spiro atoms. The van der Waals surface area contributed by atoms with Gasteiger partial charge in [0.05, 0.1) is 9.79 Å². The molecule has 5 rings (SSSR count). The van der Waals surface area contributed by atoms with E-state index in [1.54, 1.807) is 0 Å². The Morgan fingerprint density at radius 2 is 0.842 bits per heavy atom. The van der Waals surface area contributed by atoms with Gasteiger partial charge in [0.25, 0.3) is 40.5 Å². The fourth-order valence-corrected chi connectivity index (χ4v) is 6.66. The summed E-state index contributed by atoms with van der Waals surface area (Å²) in [6.45, 7) is 0. The largest absolute Gasteiger partial charge is 1.00 e. The molecule has 38 heavy (non-hydrogen) atoms. The van der Waals surface area contributed by atoms with Crippen molar-refractivity contribution in [3.05, 3.63) is 48.5 Å². The summed E-state index contributed by atoms with van der Waals surface area (Å²) >= 11 is 0. The molecule has 4 aromatic carbocycles. The van der Waals surface area contributed by atoms with Gasteiger partial charge in [0, 0.05) is 33.7 Å². The molecule has 0 aliphatic rings. The summed E-state index contributed by atoms with van der Waals surface area (Å²) in [5, 5.41) is -0.479. The average molecular weight is 629 g/mol. The third kappa shape index (κ3) is 4.94. The first-order valence-electron chi connectivity index (χ1n) is 9.67. The molecule has 18 heteroatoms. The molecular formula is C20H13KO13S4. The van der Waals surface area contributed by atoms with Crippen LogP contribution in [0.5, 0.6) is 0 Å². The standard InChI is InChI=1S/C20H12O13S4.K.H/c21-34(22,23)9-1-3-11-13(5-9)17(36(27,28)29)7-15-19(11)20-12-4-2-10(35(24,25)26)6-14(12)18(37(30,31)32)8-16(20)33-15;;/h1-8H,(H,21,22,23)(H,24,25,26)(H,27,28,29)(H,30,31,32);;/q;+1;-1. The van der Waals surface area contributed by atoms with Gasteiger partial charge in [0.15, 0.2) is 0 Å². The van der Waals surface area contributed by atoms with Gasteiger partial charge < -0.3 is 5.84 Å². The van der Waals surface area contributed by atoms with Gasteiger partial charge in [-0.1, -0.05) is 12.1 Å². The second-order valence-corrected chi connectivity index (χ2v) is 13.5. The molecule has 4 N–H and O–H groups in total. The average Bonchev–Trinajstić information content (AvgIpc) is 3.13. The molecule has 196 valence electrons. The van der Waals surface area contributed by atoms with E-state index in [1.807, 2.05) is 0 Å². The second kappa shape index (κ2) is 9.26. The van der Waals surface area contributed by atoms with Gasteiger partial charge in [0.2, 0.25) is 0 Å². The van der Waals surface area contributed by atoms with Crippen molar-refractivity contribution in [3.63, 3.8) is 0 Å². The van der Waals surface area contributed by atoms with Gasteiger partial charge in [-0.2, -0.15) is 33.7 Å². The van der Waals surface area contributed by atoms with Crippen LogP contribution in [-0.4, -0.2) is 51.9 Å². The third-order valence-corrected chi connectivity index (χ3v) is 9.18. The normalized spacial score (nSPS) is 13.4. The van der Waals surface area contributed by atoms with E-state index in [-0.39, 0.29) is 96.3 Å². The van der Waals surface area contributed by atoms with Crippen LogP contribution in [0, 0.1) is 0 Å². The van der Waals surface area contributed by atoms with E-state index in [9.17, 15) is 51.9 Å². The molecule has 13 nitrogen and oxygen atoms in total. The van der Waals surface area contributed by atoms with Crippen molar-refractivity contribution in [2.24, 2.45) is 0 Å². The van der Waals surface area contributed by atoms with Crippen LogP contribution in [-0.2, 0) is 40.5 Å². The van der Waals surface area contributed by atoms with E-state index in [4.69, 9.17) is 4.42 Å². The van der Waals surface area contributed by atoms with Crippen LogP contribution in [0.15, 0.2) is 72.5 Å². The summed E-state index contributed by atoms with van der Waals surface area (Å²) in [5.74, 6) is 0. The van der Waals surface area contributed by atoms with Crippen LogP contribution in [0.1, 0.15) is 1.43 Å². The zero-order valence-electron chi connectivity index (χ0n) is 19.7. The van der Waals surface area contributed by atoms with E-state index in [0.29, 0.717) is 0 Å². The van der Waals surface area contributed by atoms with E-state index < -0.39 is 60.1 Å². The first kappa shape index (κ1) is 29.5. The van der Waals surface area contributed by atoms with Gasteiger partial charge in [-0.05, 0) is 35.0 Å². The minimum atomic E-state index is -4.98. The van der Waals surface area contributed by atoms with Crippen LogP contribution in [0.25, 0.3) is 43.5 Å². The van der Waals surface area contributed by atoms with Gasteiger partial charge in [-0.25, -0.2) is 0 Å². The summed E-state index contributed by atoms with van der Waals surface area (Å²) in [6, 6.07) is 7.47. The molecule has 0 saturated carbocycles. The van der Waals surface area contributed by atoms with E-state index in [1.165, 1.54) is 0 Å². The molecule has 0 atom stereocenters. The smallest absolute Gasteiger partial charge is 1.00 e. The summed E-state index contributed by atoms with van der Waals surface area (Å²) in [7, 11) is -19.5. The van der Waals surface area contributed by atoms with Crippen LogP contribution in [0.4, 0.5) is 0 Å². The van der Waals surface area contributed by atoms with Gasteiger partial charge in [-0.3, -0.25) is 18.2 Å². The van der Waals surface area contributed by atoms with Crippen molar-refractivity contribution in [3.8, 4) is 0 Å². The first-order valence-corrected chi connectivity index (χ1v) is 15.4. The Labute approximate surface area is 258 Å². The Hall–Kier alpha value is -1.52. The second-order valence-electron chi connectivity index (χ2n) is 7.91. The van der Waals surface area contributed by atoms with E-state index >= 15 is 0 Å². The van der Waals surface area contributed by atoms with Crippen molar-refractivity contribution in [1.82, 2.24) is 0 Å². The molecule has 0 saturated heterocycles. The number of benzene rings is 4. The summed E-state index contributed by atoms with van der Waals surface area (Å²) in [4.78, 5) is -2.94. The predicted octanol–water partition coefficient (Wildman–Crippen LogP) is -0.00430. The summed E-state index contributed by atoms with van der Waals surface area (Å²) < 4.78 is 139. The molecule has 0 radical (unpaired) electrons. The van der Waals surface area contributed by atoms with Crippen molar-refractivity contribution in [1.29, 1.82) is 0 Å². The first-order chi connectivity index (χ1) is 16.9. The van der Waals surface area contributed by atoms with Crippen molar-refractivity contribution in [2.45, 2.75) is 19.6 Å². The maximum absolute atomic E-state index is 12.1. The van der Waals surface area contributed by atoms with Crippen molar-refractivity contribution >= 4 is 84.0 Å². The third-order valence-electron chi connectivity index (χ3n) is 5.69. The Bertz CT molecular complexity index is 2130. The summed E-state index contributed by atoms with van der Waals surface area (Å²) in [6.07, 6.45) is 0. The molecule has 1 aromatic heterocycles. The minimum Gasteiger partial charge on any atom is -1.00 e. The van der Waals surface area contributed by atoms with E-state index in [2.05, 4.69) is 0 Å². The SMILES string of the molecule is O=S(=O)(O)c1ccc2c(c1)c(S(=O)(=O)O)cc1oc3cc(S(=O)(=O)O)c4cc(S(=O)(=O)O)ccc4c3c12.[H-].[K+]. The zero-order chi connectivity index (χ0) is 27.3. The number of hydrogen-bond acceptors (Lipinski definition) is 9. The maximum Gasteiger partial charge on any atom is 1.00 e. The molecular weight excluding hydrogens is 616 g/mol. The van der Waals surface area contributed by atoms with E-state index in [0.717, 1.165) is 48.5 Å². The molecule has 0 fully saturated rings. The van der Waals surface area contributed by atoms with Crippen molar-refractivity contribution < 1.29 is 109 Å². The monoisotopic (exact) mass is 628 g/mol. The van der Waals surface area contributed by atoms with Gasteiger partial charge in [-0.15, -0.1) is 0 Å². The molecule has 0 amide bonds. The number of furan rings is 1. The van der Waals surface area contributed by atoms with Crippen LogP contribution in [0.3, 0.4) is 0 Å². The molecule has 1 heterocycles.